The van der Waals surface area contributed by atoms with Crippen LogP contribution in [0.1, 0.15) is 19.4 Å². The summed E-state index contributed by atoms with van der Waals surface area (Å²) >= 11 is 0. The number of hydrogen-bond donors (Lipinski definition) is 2. The first-order valence-electron chi connectivity index (χ1n) is 10.9. The molecule has 0 saturated heterocycles. The normalized spacial score (nSPS) is 10.7. The number of anilines is 3. The molecule has 2 N–H and O–H groups in total. The van der Waals surface area contributed by atoms with Gasteiger partial charge in [0.25, 0.3) is 0 Å². The molecule has 0 spiro atoms. The van der Waals surface area contributed by atoms with Gasteiger partial charge in [0.1, 0.15) is 17.9 Å². The van der Waals surface area contributed by atoms with Crippen molar-refractivity contribution >= 4 is 34.1 Å². The van der Waals surface area contributed by atoms with Gasteiger partial charge in [0.15, 0.2) is 0 Å². The lowest BCUT2D eigenvalue weighted by molar-refractivity contribution is 0.209. The molecule has 3 rings (SSSR count). The molecule has 0 unspecified atom stereocenters. The van der Waals surface area contributed by atoms with E-state index in [1.807, 2.05) is 30.3 Å². The van der Waals surface area contributed by atoms with Crippen LogP contribution in [-0.4, -0.2) is 66.1 Å². The average Bonchev–Trinajstić information content (AvgIpc) is 2.84. The Morgan fingerprint density at radius 2 is 1.94 bits per heavy atom. The summed E-state index contributed by atoms with van der Waals surface area (Å²) in [5.74, 6) is 3.75. The van der Waals surface area contributed by atoms with Gasteiger partial charge in [-0.15, -0.1) is 6.42 Å². The summed E-state index contributed by atoms with van der Waals surface area (Å²) in [6.45, 7) is 7.55. The minimum Gasteiger partial charge on any atom is -0.494 e. The van der Waals surface area contributed by atoms with E-state index in [1.54, 1.807) is 25.1 Å². The van der Waals surface area contributed by atoms with Crippen molar-refractivity contribution in [3.05, 3.63) is 48.3 Å². The van der Waals surface area contributed by atoms with Crippen molar-refractivity contribution in [2.45, 2.75) is 13.8 Å². The van der Waals surface area contributed by atoms with E-state index in [1.165, 1.54) is 6.33 Å². The van der Waals surface area contributed by atoms with Crippen LogP contribution in [0.2, 0.25) is 0 Å². The number of hydrogen-bond acceptors (Lipinski definition) is 6. The van der Waals surface area contributed by atoms with E-state index < -0.39 is 0 Å². The van der Waals surface area contributed by atoms with Crippen molar-refractivity contribution < 1.29 is 9.53 Å². The van der Waals surface area contributed by atoms with Crippen LogP contribution in [0.5, 0.6) is 5.75 Å². The number of carbonyl (C=O) groups is 1. The molecule has 0 aliphatic heterocycles. The summed E-state index contributed by atoms with van der Waals surface area (Å²) in [7, 11) is 3.34. The SMILES string of the molecule is C#Cc1cccc(Nc2ncnc3cc(OC)c(NC(=O)N(C)CCN(CC)CC)cc23)c1. The van der Waals surface area contributed by atoms with Crippen LogP contribution in [0.15, 0.2) is 42.7 Å². The van der Waals surface area contributed by atoms with Crippen LogP contribution in [0.3, 0.4) is 0 Å². The molecule has 8 nitrogen and oxygen atoms in total. The van der Waals surface area contributed by atoms with E-state index in [4.69, 9.17) is 11.2 Å². The van der Waals surface area contributed by atoms with E-state index in [0.717, 1.165) is 36.3 Å². The molecule has 0 atom stereocenters. The lowest BCUT2D eigenvalue weighted by Gasteiger charge is -2.24. The molecule has 0 aliphatic rings. The van der Waals surface area contributed by atoms with Gasteiger partial charge < -0.3 is 25.2 Å². The summed E-state index contributed by atoms with van der Waals surface area (Å²) in [4.78, 5) is 25.5. The summed E-state index contributed by atoms with van der Waals surface area (Å²) in [6, 6.07) is 10.9. The molecule has 1 heterocycles. The Kier molecular flexibility index (Phi) is 8.06. The highest BCUT2D eigenvalue weighted by Gasteiger charge is 2.16. The molecule has 0 fully saturated rings. The Labute approximate surface area is 195 Å². The summed E-state index contributed by atoms with van der Waals surface area (Å²) in [5.41, 5.74) is 2.80. The van der Waals surface area contributed by atoms with E-state index in [2.05, 4.69) is 45.3 Å². The zero-order valence-electron chi connectivity index (χ0n) is 19.6. The third kappa shape index (κ3) is 5.90. The van der Waals surface area contributed by atoms with Gasteiger partial charge in [-0.25, -0.2) is 14.8 Å². The lowest BCUT2D eigenvalue weighted by Crippen LogP contribution is -2.38. The number of amides is 2. The molecule has 8 heteroatoms. The Balaban J connectivity index is 1.86. The number of likely N-dealkylation sites (N-methyl/N-ethyl adjacent to an activating group) is 2. The van der Waals surface area contributed by atoms with Gasteiger partial charge in [-0.2, -0.15) is 0 Å². The van der Waals surface area contributed by atoms with Crippen LogP contribution in [0.4, 0.5) is 22.0 Å². The third-order valence-corrected chi connectivity index (χ3v) is 5.48. The molecule has 2 aromatic carbocycles. The maximum Gasteiger partial charge on any atom is 0.321 e. The van der Waals surface area contributed by atoms with Crippen molar-refractivity contribution in [2.24, 2.45) is 0 Å². The number of benzene rings is 2. The first-order valence-corrected chi connectivity index (χ1v) is 10.9. The molecule has 0 saturated carbocycles. The first-order chi connectivity index (χ1) is 16.0. The number of carbonyl (C=O) groups excluding carboxylic acids is 1. The monoisotopic (exact) mass is 446 g/mol. The maximum absolute atomic E-state index is 12.8. The number of rotatable bonds is 9. The topological polar surface area (TPSA) is 82.6 Å². The minimum atomic E-state index is -0.215. The predicted molar refractivity (Wildman–Crippen MR) is 133 cm³/mol. The molecule has 0 bridgehead atoms. The summed E-state index contributed by atoms with van der Waals surface area (Å²) in [6.07, 6.45) is 7.00. The van der Waals surface area contributed by atoms with Crippen molar-refractivity contribution in [2.75, 3.05) is 51.0 Å². The van der Waals surface area contributed by atoms with Crippen molar-refractivity contribution in [3.8, 4) is 18.1 Å². The highest BCUT2D eigenvalue weighted by molar-refractivity contribution is 5.99. The smallest absolute Gasteiger partial charge is 0.321 e. The Morgan fingerprint density at radius 1 is 1.15 bits per heavy atom. The fourth-order valence-electron chi connectivity index (χ4n) is 3.42. The van der Waals surface area contributed by atoms with Crippen LogP contribution in [-0.2, 0) is 0 Å². The van der Waals surface area contributed by atoms with Crippen molar-refractivity contribution in [1.82, 2.24) is 19.8 Å². The average molecular weight is 447 g/mol. The van der Waals surface area contributed by atoms with Gasteiger partial charge in [0.2, 0.25) is 0 Å². The van der Waals surface area contributed by atoms with E-state index >= 15 is 0 Å². The van der Waals surface area contributed by atoms with E-state index in [9.17, 15) is 4.79 Å². The van der Waals surface area contributed by atoms with Gasteiger partial charge >= 0.3 is 6.03 Å². The molecule has 3 aromatic rings. The number of fused-ring (bicyclic) bond motifs is 1. The van der Waals surface area contributed by atoms with Gasteiger partial charge in [-0.05, 0) is 37.4 Å². The quantitative estimate of drug-likeness (QED) is 0.480. The van der Waals surface area contributed by atoms with E-state index in [0.29, 0.717) is 29.3 Å². The molecule has 0 aliphatic carbocycles. The molecule has 1 aromatic heterocycles. The van der Waals surface area contributed by atoms with Crippen molar-refractivity contribution in [3.63, 3.8) is 0 Å². The van der Waals surface area contributed by atoms with Gasteiger partial charge in [-0.3, -0.25) is 0 Å². The van der Waals surface area contributed by atoms with E-state index in [-0.39, 0.29) is 6.03 Å². The number of methoxy groups -OCH3 is 1. The Hall–Kier alpha value is -3.83. The standard InChI is InChI=1S/C25H30N6O2/c1-6-18-10-9-11-19(14-18)28-24-20-15-22(23(33-5)16-21(20)26-17-27-24)29-25(32)30(4)12-13-31(7-2)8-3/h1,9-11,14-17H,7-8,12-13H2,2-5H3,(H,29,32)(H,26,27,28). The zero-order valence-corrected chi connectivity index (χ0v) is 19.6. The van der Waals surface area contributed by atoms with Gasteiger partial charge in [-0.1, -0.05) is 25.8 Å². The number of nitrogens with one attached hydrogen (secondary N) is 2. The largest absolute Gasteiger partial charge is 0.494 e. The number of nitrogens with zero attached hydrogens (tertiary/aromatic N) is 4. The Morgan fingerprint density at radius 3 is 2.64 bits per heavy atom. The van der Waals surface area contributed by atoms with Crippen LogP contribution in [0.25, 0.3) is 10.9 Å². The first kappa shape index (κ1) is 23.8. The lowest BCUT2D eigenvalue weighted by atomic mass is 10.1. The number of ether oxygens (including phenoxy) is 1. The second-order valence-electron chi connectivity index (χ2n) is 7.52. The number of urea groups is 1. The fraction of sp³-hybridized carbons (Fsp3) is 0.320. The second-order valence-corrected chi connectivity index (χ2v) is 7.52. The highest BCUT2D eigenvalue weighted by Crippen LogP contribution is 2.33. The van der Waals surface area contributed by atoms with Crippen LogP contribution < -0.4 is 15.4 Å². The van der Waals surface area contributed by atoms with Crippen molar-refractivity contribution in [1.29, 1.82) is 0 Å². The molecule has 0 radical (unpaired) electrons. The molecule has 33 heavy (non-hydrogen) atoms. The second kappa shape index (κ2) is 11.2. The van der Waals surface area contributed by atoms with Crippen LogP contribution in [0, 0.1) is 12.3 Å². The summed E-state index contributed by atoms with van der Waals surface area (Å²) in [5, 5.41) is 6.99. The number of aromatic nitrogens is 2. The minimum absolute atomic E-state index is 0.215. The van der Waals surface area contributed by atoms with Gasteiger partial charge in [0.05, 0.1) is 18.3 Å². The predicted octanol–water partition coefficient (Wildman–Crippen LogP) is 4.17. The molecular weight excluding hydrogens is 416 g/mol. The Bertz CT molecular complexity index is 1150. The zero-order chi connectivity index (χ0) is 23.8. The third-order valence-electron chi connectivity index (χ3n) is 5.48. The van der Waals surface area contributed by atoms with Gasteiger partial charge in [0, 0.05) is 42.8 Å². The summed E-state index contributed by atoms with van der Waals surface area (Å²) < 4.78 is 5.51. The van der Waals surface area contributed by atoms with Crippen LogP contribution >= 0.6 is 0 Å². The molecule has 172 valence electrons. The number of terminal acetylenes is 1. The molecule has 2 amide bonds. The fourth-order valence-corrected chi connectivity index (χ4v) is 3.42. The maximum atomic E-state index is 12.8. The molecular formula is C25H30N6O2. The highest BCUT2D eigenvalue weighted by atomic mass is 16.5.